The van der Waals surface area contributed by atoms with Gasteiger partial charge in [0.15, 0.2) is 11.5 Å². The molecule has 176 valence electrons. The summed E-state index contributed by atoms with van der Waals surface area (Å²) in [6.45, 7) is 6.43. The lowest BCUT2D eigenvalue weighted by atomic mass is 10.0. The number of para-hydroxylation sites is 2. The highest BCUT2D eigenvalue weighted by Crippen LogP contribution is 2.39. The second kappa shape index (κ2) is 9.70. The minimum Gasteiger partial charge on any atom is -0.482 e. The largest absolute Gasteiger partial charge is 0.482 e. The van der Waals surface area contributed by atoms with Crippen molar-refractivity contribution in [2.75, 3.05) is 25.1 Å². The number of esters is 1. The van der Waals surface area contributed by atoms with Gasteiger partial charge in [-0.2, -0.15) is 0 Å². The Labute approximate surface area is 195 Å². The molecule has 0 bridgehead atoms. The van der Waals surface area contributed by atoms with Crippen molar-refractivity contribution in [3.05, 3.63) is 40.3 Å². The van der Waals surface area contributed by atoms with Crippen molar-refractivity contribution in [3.8, 4) is 11.5 Å². The molecule has 0 spiro atoms. The highest BCUT2D eigenvalue weighted by atomic mass is 32.1. The molecule has 1 aromatic carbocycles. The van der Waals surface area contributed by atoms with Crippen LogP contribution in [0.2, 0.25) is 0 Å². The first-order chi connectivity index (χ1) is 15.9. The fraction of sp³-hybridized carbons (Fsp3) is 0.435. The molecule has 33 heavy (non-hydrogen) atoms. The number of nitrogens with one attached hydrogen (secondary N) is 1. The van der Waals surface area contributed by atoms with Gasteiger partial charge in [0.2, 0.25) is 6.10 Å². The Hall–Kier alpha value is -3.27. The molecule has 3 heterocycles. The molecule has 0 saturated heterocycles. The number of fused-ring (bicyclic) bond motifs is 2. The molecule has 4 rings (SSSR count). The lowest BCUT2D eigenvalue weighted by Gasteiger charge is -2.30. The van der Waals surface area contributed by atoms with E-state index in [0.717, 1.165) is 10.4 Å². The van der Waals surface area contributed by atoms with Crippen molar-refractivity contribution >= 4 is 34.3 Å². The minimum atomic E-state index is -0.898. The Morgan fingerprint density at radius 1 is 1.12 bits per heavy atom. The van der Waals surface area contributed by atoms with Crippen LogP contribution in [-0.2, 0) is 27.2 Å². The van der Waals surface area contributed by atoms with Crippen LogP contribution in [0.5, 0.6) is 11.5 Å². The van der Waals surface area contributed by atoms with E-state index in [-0.39, 0.29) is 13.2 Å². The third kappa shape index (κ3) is 4.61. The second-order valence-corrected chi connectivity index (χ2v) is 8.70. The van der Waals surface area contributed by atoms with Gasteiger partial charge in [0, 0.05) is 11.4 Å². The summed E-state index contributed by atoms with van der Waals surface area (Å²) in [5.41, 5.74) is 1.12. The van der Waals surface area contributed by atoms with Gasteiger partial charge in [-0.15, -0.1) is 11.3 Å². The number of nitrogens with zero attached hydrogens (tertiary/aromatic N) is 1. The molecule has 1 aromatic heterocycles. The number of carbonyl (C=O) groups is 3. The molecule has 1 N–H and O–H groups in total. The summed E-state index contributed by atoms with van der Waals surface area (Å²) < 4.78 is 22.1. The Bertz CT molecular complexity index is 1070. The van der Waals surface area contributed by atoms with Crippen LogP contribution in [0.1, 0.15) is 41.6 Å². The molecule has 2 aliphatic heterocycles. The van der Waals surface area contributed by atoms with Gasteiger partial charge in [0.1, 0.15) is 11.1 Å². The van der Waals surface area contributed by atoms with Crippen molar-refractivity contribution in [3.63, 3.8) is 0 Å². The van der Waals surface area contributed by atoms with E-state index in [0.29, 0.717) is 41.6 Å². The summed E-state index contributed by atoms with van der Waals surface area (Å²) in [5.74, 6) is 0.126. The van der Waals surface area contributed by atoms with E-state index in [2.05, 4.69) is 5.32 Å². The standard InChI is InChI=1S/C23H26N2O7S/c1-4-29-22(27)18-14-10-11-25(23(28)30-5-2)12-17(14)33-21(18)24-20(26)19-13(3)31-15-8-6-7-9-16(15)32-19/h6-9,13,19H,4-5,10-12H2,1-3H3,(H,24,26). The molecule has 2 atom stereocenters. The maximum absolute atomic E-state index is 13.1. The zero-order chi connectivity index (χ0) is 23.5. The summed E-state index contributed by atoms with van der Waals surface area (Å²) in [6, 6.07) is 7.14. The molecular weight excluding hydrogens is 448 g/mol. The summed E-state index contributed by atoms with van der Waals surface area (Å²) in [4.78, 5) is 40.5. The van der Waals surface area contributed by atoms with E-state index < -0.39 is 30.2 Å². The van der Waals surface area contributed by atoms with Gasteiger partial charge in [0.25, 0.3) is 5.91 Å². The molecule has 2 aromatic rings. The number of anilines is 1. The lowest BCUT2D eigenvalue weighted by molar-refractivity contribution is -0.127. The monoisotopic (exact) mass is 474 g/mol. The molecule has 9 nitrogen and oxygen atoms in total. The van der Waals surface area contributed by atoms with E-state index >= 15 is 0 Å². The molecule has 2 unspecified atom stereocenters. The van der Waals surface area contributed by atoms with Crippen LogP contribution in [0.15, 0.2) is 24.3 Å². The van der Waals surface area contributed by atoms with Crippen LogP contribution >= 0.6 is 11.3 Å². The van der Waals surface area contributed by atoms with Crippen LogP contribution in [0.4, 0.5) is 9.80 Å². The Kier molecular flexibility index (Phi) is 6.73. The second-order valence-electron chi connectivity index (χ2n) is 7.60. The van der Waals surface area contributed by atoms with Gasteiger partial charge in [0.05, 0.1) is 25.3 Å². The van der Waals surface area contributed by atoms with Crippen molar-refractivity contribution in [2.45, 2.75) is 45.9 Å². The van der Waals surface area contributed by atoms with Crippen molar-refractivity contribution in [1.29, 1.82) is 0 Å². The fourth-order valence-electron chi connectivity index (χ4n) is 3.87. The topological polar surface area (TPSA) is 103 Å². The van der Waals surface area contributed by atoms with E-state index in [1.807, 2.05) is 6.07 Å². The SMILES string of the molecule is CCOC(=O)c1c(NC(=O)C2Oc3ccccc3OC2C)sc2c1CCN(C(=O)OCC)C2. The molecule has 2 aliphatic rings. The van der Waals surface area contributed by atoms with Crippen LogP contribution in [0.3, 0.4) is 0 Å². The van der Waals surface area contributed by atoms with Crippen LogP contribution in [0, 0.1) is 0 Å². The highest BCUT2D eigenvalue weighted by Gasteiger charge is 2.37. The number of thiophene rings is 1. The number of benzene rings is 1. The third-order valence-electron chi connectivity index (χ3n) is 5.40. The highest BCUT2D eigenvalue weighted by molar-refractivity contribution is 7.17. The van der Waals surface area contributed by atoms with Gasteiger partial charge in [-0.05, 0) is 44.9 Å². The van der Waals surface area contributed by atoms with Gasteiger partial charge in [-0.25, -0.2) is 9.59 Å². The first-order valence-electron chi connectivity index (χ1n) is 10.9. The molecular formula is C23H26N2O7S. The zero-order valence-corrected chi connectivity index (χ0v) is 19.5. The average Bonchev–Trinajstić information content (AvgIpc) is 3.15. The predicted octanol–water partition coefficient (Wildman–Crippen LogP) is 3.61. The number of hydrogen-bond acceptors (Lipinski definition) is 8. The van der Waals surface area contributed by atoms with E-state index in [1.54, 1.807) is 43.9 Å². The number of ether oxygens (including phenoxy) is 4. The Balaban J connectivity index is 1.59. The van der Waals surface area contributed by atoms with Gasteiger partial charge in [-0.3, -0.25) is 4.79 Å². The molecule has 0 saturated carbocycles. The summed E-state index contributed by atoms with van der Waals surface area (Å²) >= 11 is 1.26. The van der Waals surface area contributed by atoms with Gasteiger partial charge < -0.3 is 29.2 Å². The van der Waals surface area contributed by atoms with Crippen molar-refractivity contribution in [2.24, 2.45) is 0 Å². The number of rotatable bonds is 5. The van der Waals surface area contributed by atoms with Crippen LogP contribution < -0.4 is 14.8 Å². The maximum Gasteiger partial charge on any atom is 0.410 e. The van der Waals surface area contributed by atoms with E-state index in [9.17, 15) is 14.4 Å². The molecule has 0 fully saturated rings. The lowest BCUT2D eigenvalue weighted by Crippen LogP contribution is -2.46. The Morgan fingerprint density at radius 3 is 2.52 bits per heavy atom. The summed E-state index contributed by atoms with van der Waals surface area (Å²) in [5, 5.41) is 3.22. The fourth-order valence-corrected chi connectivity index (χ4v) is 5.12. The minimum absolute atomic E-state index is 0.208. The normalized spacial score (nSPS) is 18.8. The van der Waals surface area contributed by atoms with Crippen LogP contribution in [0.25, 0.3) is 0 Å². The van der Waals surface area contributed by atoms with E-state index in [1.165, 1.54) is 11.3 Å². The molecule has 10 heteroatoms. The molecule has 0 aliphatic carbocycles. The van der Waals surface area contributed by atoms with Gasteiger partial charge >= 0.3 is 12.1 Å². The number of carbonyl (C=O) groups excluding carboxylic acids is 3. The number of hydrogen-bond donors (Lipinski definition) is 1. The first kappa shape index (κ1) is 22.9. The summed E-state index contributed by atoms with van der Waals surface area (Å²) in [6.07, 6.45) is -1.37. The number of amides is 2. The average molecular weight is 475 g/mol. The predicted molar refractivity (Wildman–Crippen MR) is 121 cm³/mol. The van der Waals surface area contributed by atoms with Crippen LogP contribution in [-0.4, -0.2) is 54.8 Å². The Morgan fingerprint density at radius 2 is 1.82 bits per heavy atom. The smallest absolute Gasteiger partial charge is 0.410 e. The third-order valence-corrected chi connectivity index (χ3v) is 6.53. The van der Waals surface area contributed by atoms with E-state index in [4.69, 9.17) is 18.9 Å². The first-order valence-corrected chi connectivity index (χ1v) is 11.7. The molecule has 0 radical (unpaired) electrons. The summed E-state index contributed by atoms with van der Waals surface area (Å²) in [7, 11) is 0. The maximum atomic E-state index is 13.1. The zero-order valence-electron chi connectivity index (χ0n) is 18.7. The quantitative estimate of drug-likeness (QED) is 0.661. The van der Waals surface area contributed by atoms with Gasteiger partial charge in [-0.1, -0.05) is 12.1 Å². The molecule has 2 amide bonds. The van der Waals surface area contributed by atoms with Crippen molar-refractivity contribution < 1.29 is 33.3 Å². The van der Waals surface area contributed by atoms with Crippen molar-refractivity contribution in [1.82, 2.24) is 4.90 Å².